The molecule has 0 amide bonds. The second-order valence-corrected chi connectivity index (χ2v) is 3.82. The van der Waals surface area contributed by atoms with Crippen molar-refractivity contribution in [3.05, 3.63) is 22.4 Å². The predicted molar refractivity (Wildman–Crippen MR) is 59.0 cm³/mol. The van der Waals surface area contributed by atoms with Gasteiger partial charge in [0.1, 0.15) is 5.75 Å². The van der Waals surface area contributed by atoms with Crippen LogP contribution < -0.4 is 10.5 Å². The first-order valence-electron chi connectivity index (χ1n) is 3.60. The zero-order valence-corrected chi connectivity index (χ0v) is 9.48. The lowest BCUT2D eigenvalue weighted by Gasteiger charge is -2.08. The molecule has 0 bridgehead atoms. The van der Waals surface area contributed by atoms with Gasteiger partial charge in [-0.1, -0.05) is 12.2 Å². The maximum absolute atomic E-state index is 5.45. The Labute approximate surface area is 90.4 Å². The summed E-state index contributed by atoms with van der Waals surface area (Å²) in [6, 6.07) is 0. The van der Waals surface area contributed by atoms with Crippen molar-refractivity contribution in [2.45, 2.75) is 6.42 Å². The fourth-order valence-electron chi connectivity index (χ4n) is 0.966. The molecule has 0 fully saturated rings. The van der Waals surface area contributed by atoms with Gasteiger partial charge in [0.2, 0.25) is 0 Å². The summed E-state index contributed by atoms with van der Waals surface area (Å²) in [6.45, 7) is 0. The number of hydrogen-bond donors (Lipinski definition) is 1. The van der Waals surface area contributed by atoms with Gasteiger partial charge in [0.25, 0.3) is 0 Å². The molecule has 1 aromatic heterocycles. The molecule has 0 aliphatic carbocycles. The number of ether oxygens (including phenoxy) is 1. The summed E-state index contributed by atoms with van der Waals surface area (Å²) in [7, 11) is 1.59. The summed E-state index contributed by atoms with van der Waals surface area (Å²) in [5, 5.41) is 0. The normalized spacial score (nSPS) is 9.69. The summed E-state index contributed by atoms with van der Waals surface area (Å²) >= 11 is 8.18. The Morgan fingerprint density at radius 2 is 2.38 bits per heavy atom. The monoisotopic (exact) mass is 260 g/mol. The lowest BCUT2D eigenvalue weighted by molar-refractivity contribution is 0.408. The van der Waals surface area contributed by atoms with Crippen LogP contribution in [0.5, 0.6) is 5.75 Å². The van der Waals surface area contributed by atoms with Gasteiger partial charge in [-0.2, -0.15) is 0 Å². The Morgan fingerprint density at radius 3 is 2.92 bits per heavy atom. The molecule has 0 atom stereocenters. The van der Waals surface area contributed by atoms with Crippen molar-refractivity contribution in [2.24, 2.45) is 5.73 Å². The minimum absolute atomic E-state index is 0.435. The molecule has 13 heavy (non-hydrogen) atoms. The van der Waals surface area contributed by atoms with E-state index in [-0.39, 0.29) is 0 Å². The van der Waals surface area contributed by atoms with E-state index in [9.17, 15) is 0 Å². The Kier molecular flexibility index (Phi) is 3.62. The molecule has 0 radical (unpaired) electrons. The van der Waals surface area contributed by atoms with Crippen LogP contribution in [0.4, 0.5) is 0 Å². The Hall–Kier alpha value is -0.680. The van der Waals surface area contributed by atoms with Crippen molar-refractivity contribution in [1.29, 1.82) is 0 Å². The Morgan fingerprint density at radius 1 is 1.69 bits per heavy atom. The lowest BCUT2D eigenvalue weighted by atomic mass is 10.2. The molecule has 1 rings (SSSR count). The molecule has 70 valence electrons. The second kappa shape index (κ2) is 4.53. The van der Waals surface area contributed by atoms with Gasteiger partial charge in [-0.15, -0.1) is 0 Å². The highest BCUT2D eigenvalue weighted by Gasteiger charge is 2.08. The van der Waals surface area contributed by atoms with E-state index in [0.29, 0.717) is 17.2 Å². The Balaban J connectivity index is 3.07. The number of rotatable bonds is 3. The number of halogens is 1. The molecule has 1 heterocycles. The molecule has 0 saturated heterocycles. The van der Waals surface area contributed by atoms with Gasteiger partial charge in [0.15, 0.2) is 0 Å². The third-order valence-electron chi connectivity index (χ3n) is 1.54. The molecule has 0 aliphatic heterocycles. The van der Waals surface area contributed by atoms with E-state index in [2.05, 4.69) is 20.9 Å². The van der Waals surface area contributed by atoms with Gasteiger partial charge < -0.3 is 10.5 Å². The summed E-state index contributed by atoms with van der Waals surface area (Å²) < 4.78 is 5.98. The number of pyridine rings is 1. The van der Waals surface area contributed by atoms with Gasteiger partial charge >= 0.3 is 0 Å². The van der Waals surface area contributed by atoms with Crippen LogP contribution in [0, 0.1) is 0 Å². The molecule has 0 aliphatic rings. The van der Waals surface area contributed by atoms with Crippen molar-refractivity contribution < 1.29 is 4.74 Å². The highest BCUT2D eigenvalue weighted by molar-refractivity contribution is 9.10. The summed E-state index contributed by atoms with van der Waals surface area (Å²) in [5.41, 5.74) is 6.39. The maximum atomic E-state index is 5.45. The molecular weight excluding hydrogens is 252 g/mol. The minimum Gasteiger partial charge on any atom is -0.495 e. The molecule has 0 spiro atoms. The third kappa shape index (κ3) is 2.63. The SMILES string of the molecule is COc1cncc(Br)c1CC(N)=S. The number of nitrogens with two attached hydrogens (primary N) is 1. The van der Waals surface area contributed by atoms with Crippen molar-refractivity contribution in [1.82, 2.24) is 4.98 Å². The zero-order valence-electron chi connectivity index (χ0n) is 7.08. The summed E-state index contributed by atoms with van der Waals surface area (Å²) in [5.74, 6) is 0.696. The van der Waals surface area contributed by atoms with Crippen LogP contribution >= 0.6 is 28.1 Å². The minimum atomic E-state index is 0.435. The van der Waals surface area contributed by atoms with E-state index in [1.54, 1.807) is 19.5 Å². The maximum Gasteiger partial charge on any atom is 0.141 e. The van der Waals surface area contributed by atoms with Crippen LogP contribution in [0.3, 0.4) is 0 Å². The quantitative estimate of drug-likeness (QED) is 0.841. The fraction of sp³-hybridized carbons (Fsp3) is 0.250. The highest BCUT2D eigenvalue weighted by atomic mass is 79.9. The van der Waals surface area contributed by atoms with Crippen LogP contribution in [0.15, 0.2) is 16.9 Å². The molecular formula is C8H9BrN2OS. The van der Waals surface area contributed by atoms with Gasteiger partial charge in [0.05, 0.1) is 18.3 Å². The van der Waals surface area contributed by atoms with Gasteiger partial charge in [0, 0.05) is 22.7 Å². The molecule has 2 N–H and O–H groups in total. The van der Waals surface area contributed by atoms with Gasteiger partial charge in [-0.3, -0.25) is 4.98 Å². The van der Waals surface area contributed by atoms with E-state index in [4.69, 9.17) is 22.7 Å². The number of methoxy groups -OCH3 is 1. The average molecular weight is 261 g/mol. The van der Waals surface area contributed by atoms with Crippen molar-refractivity contribution in [3.63, 3.8) is 0 Å². The van der Waals surface area contributed by atoms with Crippen LogP contribution in [0.1, 0.15) is 5.56 Å². The van der Waals surface area contributed by atoms with Crippen LogP contribution in [0.25, 0.3) is 0 Å². The topological polar surface area (TPSA) is 48.1 Å². The van der Waals surface area contributed by atoms with Gasteiger partial charge in [-0.25, -0.2) is 0 Å². The van der Waals surface area contributed by atoms with E-state index in [1.807, 2.05) is 0 Å². The summed E-state index contributed by atoms with van der Waals surface area (Å²) in [4.78, 5) is 4.40. The number of nitrogens with zero attached hydrogens (tertiary/aromatic N) is 1. The molecule has 1 aromatic rings. The molecule has 0 saturated carbocycles. The molecule has 0 aromatic carbocycles. The number of thiocarbonyl (C=S) groups is 1. The van der Waals surface area contributed by atoms with Crippen LogP contribution in [-0.4, -0.2) is 17.1 Å². The molecule has 5 heteroatoms. The largest absolute Gasteiger partial charge is 0.495 e. The standard InChI is InChI=1S/C8H9BrN2OS/c1-12-7-4-11-3-6(9)5(7)2-8(10)13/h3-4H,2H2,1H3,(H2,10,13). The fourth-order valence-corrected chi connectivity index (χ4v) is 1.56. The van der Waals surface area contributed by atoms with Crippen LogP contribution in [0.2, 0.25) is 0 Å². The van der Waals surface area contributed by atoms with Crippen molar-refractivity contribution in [3.8, 4) is 5.75 Å². The molecule has 0 unspecified atom stereocenters. The lowest BCUT2D eigenvalue weighted by Crippen LogP contribution is -2.12. The third-order valence-corrected chi connectivity index (χ3v) is 2.36. The first kappa shape index (κ1) is 10.4. The van der Waals surface area contributed by atoms with E-state index < -0.39 is 0 Å². The smallest absolute Gasteiger partial charge is 0.141 e. The summed E-state index contributed by atoms with van der Waals surface area (Å²) in [6.07, 6.45) is 3.84. The number of hydrogen-bond acceptors (Lipinski definition) is 3. The highest BCUT2D eigenvalue weighted by Crippen LogP contribution is 2.25. The second-order valence-electron chi connectivity index (χ2n) is 2.45. The van der Waals surface area contributed by atoms with Crippen LogP contribution in [-0.2, 0) is 6.42 Å². The number of aromatic nitrogens is 1. The first-order valence-corrected chi connectivity index (χ1v) is 4.80. The van der Waals surface area contributed by atoms with E-state index in [1.165, 1.54) is 0 Å². The van der Waals surface area contributed by atoms with Crippen molar-refractivity contribution in [2.75, 3.05) is 7.11 Å². The Bertz CT molecular complexity index is 330. The molecule has 3 nitrogen and oxygen atoms in total. The van der Waals surface area contributed by atoms with Crippen molar-refractivity contribution >= 4 is 33.1 Å². The predicted octanol–water partition coefficient (Wildman–Crippen LogP) is 1.68. The van der Waals surface area contributed by atoms with Gasteiger partial charge in [-0.05, 0) is 15.9 Å². The zero-order chi connectivity index (χ0) is 9.84. The van der Waals surface area contributed by atoms with E-state index in [0.717, 1.165) is 10.0 Å². The van der Waals surface area contributed by atoms with E-state index >= 15 is 0 Å². The average Bonchev–Trinajstić information content (AvgIpc) is 2.08. The first-order chi connectivity index (χ1) is 6.15.